The van der Waals surface area contributed by atoms with Gasteiger partial charge < -0.3 is 15.6 Å². The minimum absolute atomic E-state index is 0.0158. The molecule has 0 radical (unpaired) electrons. The Morgan fingerprint density at radius 1 is 1.18 bits per heavy atom. The van der Waals surface area contributed by atoms with Crippen LogP contribution >= 0.6 is 0 Å². The van der Waals surface area contributed by atoms with Crippen LogP contribution in [0.2, 0.25) is 0 Å². The van der Waals surface area contributed by atoms with E-state index in [0.29, 0.717) is 11.1 Å². The third kappa shape index (κ3) is 4.22. The summed E-state index contributed by atoms with van der Waals surface area (Å²) in [7, 11) is 0. The summed E-state index contributed by atoms with van der Waals surface area (Å²) in [6.45, 7) is 0. The summed E-state index contributed by atoms with van der Waals surface area (Å²) < 4.78 is 42.9. The Morgan fingerprint density at radius 2 is 1.93 bits per heavy atom. The summed E-state index contributed by atoms with van der Waals surface area (Å²) >= 11 is 0. The topological polar surface area (TPSA) is 107 Å². The van der Waals surface area contributed by atoms with Gasteiger partial charge >= 0.3 is 12.3 Å². The third-order valence-corrected chi connectivity index (χ3v) is 3.88. The molecule has 2 heterocycles. The molecule has 146 valence electrons. The van der Waals surface area contributed by atoms with Gasteiger partial charge in [-0.3, -0.25) is 14.2 Å². The molecule has 1 amide bonds. The maximum Gasteiger partial charge on any atom is 0.573 e. The zero-order valence-electron chi connectivity index (χ0n) is 14.2. The van der Waals surface area contributed by atoms with Crippen LogP contribution in [0.5, 0.6) is 5.75 Å². The van der Waals surface area contributed by atoms with Crippen molar-refractivity contribution in [3.8, 4) is 11.6 Å². The highest BCUT2D eigenvalue weighted by Gasteiger charge is 2.31. The Balaban J connectivity index is 2.13. The van der Waals surface area contributed by atoms with Crippen molar-refractivity contribution in [1.29, 1.82) is 0 Å². The molecule has 7 nitrogen and oxygen atoms in total. The Kier molecular flexibility index (Phi) is 4.95. The molecule has 0 saturated heterocycles. The van der Waals surface area contributed by atoms with Crippen molar-refractivity contribution in [1.82, 2.24) is 9.55 Å². The number of alkyl halides is 3. The lowest BCUT2D eigenvalue weighted by Gasteiger charge is -2.12. The second kappa shape index (κ2) is 7.22. The Morgan fingerprint density at radius 3 is 2.57 bits per heavy atom. The monoisotopic (exact) mass is 393 g/mol. The van der Waals surface area contributed by atoms with E-state index in [4.69, 9.17) is 10.8 Å². The number of rotatable bonds is 6. The zero-order valence-corrected chi connectivity index (χ0v) is 14.2. The minimum atomic E-state index is -4.87. The Hall–Kier alpha value is -3.56. The average Bonchev–Trinajstić information content (AvgIpc) is 2.98. The predicted octanol–water partition coefficient (Wildman–Crippen LogP) is 3.04. The summed E-state index contributed by atoms with van der Waals surface area (Å²) in [5, 5.41) is 9.27. The smallest absolute Gasteiger partial charge is 0.481 e. The highest BCUT2D eigenvalue weighted by molar-refractivity contribution is 5.99. The first-order valence-electron chi connectivity index (χ1n) is 8.03. The molecule has 0 bridgehead atoms. The minimum Gasteiger partial charge on any atom is -0.481 e. The average molecular weight is 393 g/mol. The molecule has 0 fully saturated rings. The van der Waals surface area contributed by atoms with Crippen molar-refractivity contribution in [3.05, 3.63) is 53.9 Å². The fraction of sp³-hybridized carbons (Fsp3) is 0.167. The second-order valence-electron chi connectivity index (χ2n) is 5.88. The van der Waals surface area contributed by atoms with Crippen LogP contribution in [-0.4, -0.2) is 32.9 Å². The van der Waals surface area contributed by atoms with Gasteiger partial charge in [-0.05, 0) is 30.3 Å². The number of carboxylic acid groups (broad SMARTS) is 1. The molecule has 3 N–H and O–H groups in total. The van der Waals surface area contributed by atoms with Gasteiger partial charge in [0.2, 0.25) is 0 Å². The number of amides is 1. The Bertz CT molecular complexity index is 1060. The van der Waals surface area contributed by atoms with Crippen LogP contribution in [0.3, 0.4) is 0 Å². The lowest BCUT2D eigenvalue weighted by molar-refractivity contribution is -0.274. The standard InChI is InChI=1S/C18H14F3N3O4/c19-18(20,21)28-12-6-4-10-8-14(17(22)27)24(13(10)9-12)15-3-1-2-11(23-15)5-7-16(25)26/h1-4,6,8-9H,5,7H2,(H2,22,27)(H,25,26). The van der Waals surface area contributed by atoms with E-state index in [0.717, 1.165) is 12.1 Å². The summed E-state index contributed by atoms with van der Waals surface area (Å²) in [5.41, 5.74) is 6.11. The first-order chi connectivity index (χ1) is 13.1. The molecule has 0 atom stereocenters. The number of nitrogens with zero attached hydrogens (tertiary/aromatic N) is 2. The van der Waals surface area contributed by atoms with Crippen molar-refractivity contribution < 1.29 is 32.6 Å². The van der Waals surface area contributed by atoms with Crippen LogP contribution < -0.4 is 10.5 Å². The number of aryl methyl sites for hydroxylation is 1. The number of ether oxygens (including phenoxy) is 1. The van der Waals surface area contributed by atoms with Crippen molar-refractivity contribution >= 4 is 22.8 Å². The largest absolute Gasteiger partial charge is 0.573 e. The van der Waals surface area contributed by atoms with Gasteiger partial charge in [0.05, 0.1) is 11.9 Å². The number of hydrogen-bond donors (Lipinski definition) is 2. The Labute approximate surface area is 156 Å². The number of nitrogens with two attached hydrogens (primary N) is 1. The normalized spacial score (nSPS) is 11.5. The SMILES string of the molecule is NC(=O)c1cc2ccc(OC(F)(F)F)cc2n1-c1cccc(CCC(=O)O)n1. The molecule has 3 aromatic rings. The number of pyridine rings is 1. The van der Waals surface area contributed by atoms with E-state index in [2.05, 4.69) is 9.72 Å². The number of primary amides is 1. The van der Waals surface area contributed by atoms with E-state index in [-0.39, 0.29) is 29.9 Å². The van der Waals surface area contributed by atoms with E-state index < -0.39 is 24.0 Å². The molecule has 0 unspecified atom stereocenters. The van der Waals surface area contributed by atoms with E-state index in [1.165, 1.54) is 22.8 Å². The molecular weight excluding hydrogens is 379 g/mol. The zero-order chi connectivity index (χ0) is 20.5. The molecule has 3 rings (SSSR count). The molecule has 2 aromatic heterocycles. The lowest BCUT2D eigenvalue weighted by atomic mass is 10.2. The van der Waals surface area contributed by atoms with Crippen molar-refractivity contribution in [3.63, 3.8) is 0 Å². The van der Waals surface area contributed by atoms with Crippen molar-refractivity contribution in [2.45, 2.75) is 19.2 Å². The third-order valence-electron chi connectivity index (χ3n) is 3.88. The number of hydrogen-bond acceptors (Lipinski definition) is 4. The fourth-order valence-electron chi connectivity index (χ4n) is 2.77. The van der Waals surface area contributed by atoms with Gasteiger partial charge in [-0.15, -0.1) is 13.2 Å². The van der Waals surface area contributed by atoms with Gasteiger partial charge in [-0.2, -0.15) is 0 Å². The lowest BCUT2D eigenvalue weighted by Crippen LogP contribution is -2.17. The van der Waals surface area contributed by atoms with Gasteiger partial charge in [-0.25, -0.2) is 4.98 Å². The highest BCUT2D eigenvalue weighted by atomic mass is 19.4. The fourth-order valence-corrected chi connectivity index (χ4v) is 2.77. The summed E-state index contributed by atoms with van der Waals surface area (Å²) in [6.07, 6.45) is -4.86. The predicted molar refractivity (Wildman–Crippen MR) is 92.2 cm³/mol. The van der Waals surface area contributed by atoms with Crippen LogP contribution in [0.1, 0.15) is 22.6 Å². The first-order valence-corrected chi connectivity index (χ1v) is 8.03. The molecule has 28 heavy (non-hydrogen) atoms. The van der Waals surface area contributed by atoms with Crippen molar-refractivity contribution in [2.75, 3.05) is 0 Å². The van der Waals surface area contributed by atoms with Crippen LogP contribution in [0.25, 0.3) is 16.7 Å². The van der Waals surface area contributed by atoms with E-state index >= 15 is 0 Å². The van der Waals surface area contributed by atoms with E-state index in [1.807, 2.05) is 0 Å². The molecule has 10 heteroatoms. The quantitative estimate of drug-likeness (QED) is 0.669. The van der Waals surface area contributed by atoms with Gasteiger partial charge in [-0.1, -0.05) is 6.07 Å². The maximum absolute atomic E-state index is 12.5. The molecule has 0 saturated carbocycles. The number of halogens is 3. The molecular formula is C18H14F3N3O4. The van der Waals surface area contributed by atoms with Crippen LogP contribution in [0.4, 0.5) is 13.2 Å². The second-order valence-corrected chi connectivity index (χ2v) is 5.88. The number of carbonyl (C=O) groups excluding carboxylic acids is 1. The molecule has 0 aliphatic heterocycles. The van der Waals surface area contributed by atoms with Crippen molar-refractivity contribution in [2.24, 2.45) is 5.73 Å². The van der Waals surface area contributed by atoms with Crippen LogP contribution in [0, 0.1) is 0 Å². The number of fused-ring (bicyclic) bond motifs is 1. The van der Waals surface area contributed by atoms with Crippen LogP contribution in [0.15, 0.2) is 42.5 Å². The summed E-state index contributed by atoms with van der Waals surface area (Å²) in [5.74, 6) is -2.04. The van der Waals surface area contributed by atoms with Gasteiger partial charge in [0, 0.05) is 23.6 Å². The van der Waals surface area contributed by atoms with Gasteiger partial charge in [0.25, 0.3) is 5.91 Å². The summed E-state index contributed by atoms with van der Waals surface area (Å²) in [4.78, 5) is 26.9. The summed E-state index contributed by atoms with van der Waals surface area (Å²) in [6, 6.07) is 9.80. The number of carboxylic acids is 1. The number of aromatic nitrogens is 2. The van der Waals surface area contributed by atoms with Crippen LogP contribution in [-0.2, 0) is 11.2 Å². The molecule has 0 aliphatic rings. The van der Waals surface area contributed by atoms with E-state index in [1.54, 1.807) is 12.1 Å². The number of aliphatic carboxylic acids is 1. The molecule has 0 aliphatic carbocycles. The molecule has 1 aromatic carbocycles. The number of benzene rings is 1. The van der Waals surface area contributed by atoms with Gasteiger partial charge in [0.15, 0.2) is 0 Å². The first kappa shape index (κ1) is 19.2. The van der Waals surface area contributed by atoms with Gasteiger partial charge in [0.1, 0.15) is 17.3 Å². The molecule has 0 spiro atoms. The number of carbonyl (C=O) groups is 2. The highest BCUT2D eigenvalue weighted by Crippen LogP contribution is 2.30. The maximum atomic E-state index is 12.5. The van der Waals surface area contributed by atoms with E-state index in [9.17, 15) is 22.8 Å².